The fraction of sp³-hybridized carbons (Fsp3) is 0.333. The van der Waals surface area contributed by atoms with E-state index in [4.69, 9.17) is 14.3 Å². The monoisotopic (exact) mass is 355 g/mol. The van der Waals surface area contributed by atoms with Crippen LogP contribution in [0.25, 0.3) is 11.0 Å². The second kappa shape index (κ2) is 7.02. The zero-order chi connectivity index (χ0) is 17.9. The normalized spacial score (nSPS) is 11.6. The van der Waals surface area contributed by atoms with E-state index in [1.54, 1.807) is 0 Å². The third-order valence-corrected chi connectivity index (χ3v) is 4.58. The van der Waals surface area contributed by atoms with Gasteiger partial charge in [0.15, 0.2) is 22.9 Å². The van der Waals surface area contributed by atoms with E-state index in [0.29, 0.717) is 12.4 Å². The van der Waals surface area contributed by atoms with Gasteiger partial charge in [-0.05, 0) is 24.6 Å². The molecule has 0 atom stereocenters. The van der Waals surface area contributed by atoms with Gasteiger partial charge in [-0.2, -0.15) is 4.72 Å². The zero-order valence-corrected chi connectivity index (χ0v) is 14.0. The number of hydrogen-bond donors (Lipinski definition) is 2. The highest BCUT2D eigenvalue weighted by molar-refractivity contribution is 7.89. The molecule has 130 valence electrons. The number of aliphatic carboxylic acids is 1. The van der Waals surface area contributed by atoms with Crippen LogP contribution in [-0.2, 0) is 14.8 Å². The molecule has 0 saturated carbocycles. The molecule has 8 nitrogen and oxygen atoms in total. The maximum atomic E-state index is 12.3. The van der Waals surface area contributed by atoms with E-state index < -0.39 is 22.5 Å². The molecule has 2 N–H and O–H groups in total. The molecular formula is C15H17NO7S. The third-order valence-electron chi connectivity index (χ3n) is 3.12. The van der Waals surface area contributed by atoms with Gasteiger partial charge in [0, 0.05) is 12.3 Å². The van der Waals surface area contributed by atoms with Crippen LogP contribution in [0.5, 0.6) is 5.75 Å². The molecule has 1 aromatic heterocycles. The van der Waals surface area contributed by atoms with Crippen molar-refractivity contribution >= 4 is 32.7 Å². The lowest BCUT2D eigenvalue weighted by atomic mass is 10.2. The molecular weight excluding hydrogens is 338 g/mol. The van der Waals surface area contributed by atoms with Crippen molar-refractivity contribution in [1.82, 2.24) is 4.72 Å². The number of nitrogens with one attached hydrogen (secondary N) is 1. The quantitative estimate of drug-likeness (QED) is 0.692. The Balaban J connectivity index is 2.59. The summed E-state index contributed by atoms with van der Waals surface area (Å²) in [6.07, 6.45) is 0.738. The predicted molar refractivity (Wildman–Crippen MR) is 84.8 cm³/mol. The molecule has 1 heterocycles. The Hall–Kier alpha value is -2.39. The molecule has 0 saturated heterocycles. The van der Waals surface area contributed by atoms with Gasteiger partial charge in [-0.15, -0.1) is 0 Å². The summed E-state index contributed by atoms with van der Waals surface area (Å²) >= 11 is 0. The highest BCUT2D eigenvalue weighted by atomic mass is 32.2. The molecule has 0 aliphatic heterocycles. The van der Waals surface area contributed by atoms with Crippen molar-refractivity contribution < 1.29 is 32.3 Å². The van der Waals surface area contributed by atoms with Crippen molar-refractivity contribution in [2.45, 2.75) is 25.2 Å². The SMILES string of the molecule is CCCOc1ccc(S(=O)(=O)NCC(=O)O)c2cc(C(C)=O)oc12. The first-order valence-electron chi connectivity index (χ1n) is 7.18. The van der Waals surface area contributed by atoms with Gasteiger partial charge < -0.3 is 14.3 Å². The summed E-state index contributed by atoms with van der Waals surface area (Å²) < 4.78 is 37.5. The number of carbonyl (C=O) groups is 2. The molecule has 0 fully saturated rings. The van der Waals surface area contributed by atoms with Crippen LogP contribution < -0.4 is 9.46 Å². The standard InChI is InChI=1S/C15H17NO7S/c1-3-6-22-11-4-5-13(24(20,21)16-8-14(18)19)10-7-12(9(2)17)23-15(10)11/h4-5,7,16H,3,6,8H2,1-2H3,(H,18,19). The van der Waals surface area contributed by atoms with Crippen LogP contribution in [0.15, 0.2) is 27.5 Å². The van der Waals surface area contributed by atoms with Gasteiger partial charge in [0.1, 0.15) is 6.54 Å². The maximum absolute atomic E-state index is 12.3. The van der Waals surface area contributed by atoms with Crippen molar-refractivity contribution in [2.24, 2.45) is 0 Å². The first kappa shape index (κ1) is 18.0. The Kier molecular flexibility index (Phi) is 5.25. The summed E-state index contributed by atoms with van der Waals surface area (Å²) in [6.45, 7) is 2.85. The number of rotatable bonds is 8. The number of ether oxygens (including phenoxy) is 1. The average molecular weight is 355 g/mol. The molecule has 0 aliphatic carbocycles. The minimum Gasteiger partial charge on any atom is -0.490 e. The Morgan fingerprint density at radius 2 is 2.04 bits per heavy atom. The zero-order valence-electron chi connectivity index (χ0n) is 13.2. The number of furan rings is 1. The minimum atomic E-state index is -4.09. The average Bonchev–Trinajstić information content (AvgIpc) is 2.96. The Morgan fingerprint density at radius 3 is 2.62 bits per heavy atom. The largest absolute Gasteiger partial charge is 0.490 e. The molecule has 0 aliphatic rings. The van der Waals surface area contributed by atoms with E-state index in [1.807, 2.05) is 11.6 Å². The van der Waals surface area contributed by atoms with E-state index in [-0.39, 0.29) is 27.4 Å². The fourth-order valence-electron chi connectivity index (χ4n) is 2.04. The minimum absolute atomic E-state index is 0.00719. The van der Waals surface area contributed by atoms with E-state index in [1.165, 1.54) is 25.1 Å². The van der Waals surface area contributed by atoms with E-state index >= 15 is 0 Å². The van der Waals surface area contributed by atoms with Crippen LogP contribution in [0, 0.1) is 0 Å². The molecule has 24 heavy (non-hydrogen) atoms. The Bertz CT molecular complexity index is 883. The molecule has 0 radical (unpaired) electrons. The number of carboxylic acids is 1. The number of Topliss-reactive ketones (excluding diaryl/α,β-unsaturated/α-hetero) is 1. The number of benzene rings is 1. The van der Waals surface area contributed by atoms with Gasteiger partial charge in [0.05, 0.1) is 11.5 Å². The van der Waals surface area contributed by atoms with Gasteiger partial charge in [0.25, 0.3) is 0 Å². The number of carboxylic acid groups (broad SMARTS) is 1. The highest BCUT2D eigenvalue weighted by Gasteiger charge is 2.23. The predicted octanol–water partition coefficient (Wildman–Crippen LogP) is 1.79. The lowest BCUT2D eigenvalue weighted by Crippen LogP contribution is -2.29. The van der Waals surface area contributed by atoms with Crippen LogP contribution in [0.1, 0.15) is 30.8 Å². The lowest BCUT2D eigenvalue weighted by Gasteiger charge is -2.09. The number of sulfonamides is 1. The van der Waals surface area contributed by atoms with Crippen molar-refractivity contribution in [2.75, 3.05) is 13.2 Å². The highest BCUT2D eigenvalue weighted by Crippen LogP contribution is 2.34. The van der Waals surface area contributed by atoms with E-state index in [0.717, 1.165) is 6.42 Å². The van der Waals surface area contributed by atoms with Crippen molar-refractivity contribution in [3.8, 4) is 5.75 Å². The lowest BCUT2D eigenvalue weighted by molar-refractivity contribution is -0.135. The summed E-state index contributed by atoms with van der Waals surface area (Å²) in [6, 6.07) is 4.02. The number of carbonyl (C=O) groups excluding carboxylic acids is 1. The Morgan fingerprint density at radius 1 is 1.33 bits per heavy atom. The summed E-state index contributed by atoms with van der Waals surface area (Å²) in [5, 5.41) is 8.80. The Labute approximate surface area is 138 Å². The molecule has 0 unspecified atom stereocenters. The molecule has 0 amide bonds. The van der Waals surface area contributed by atoms with Gasteiger partial charge in [-0.1, -0.05) is 6.92 Å². The topological polar surface area (TPSA) is 123 Å². The molecule has 2 rings (SSSR count). The second-order valence-corrected chi connectivity index (χ2v) is 6.77. The second-order valence-electron chi connectivity index (χ2n) is 5.04. The molecule has 2 aromatic rings. The van der Waals surface area contributed by atoms with Gasteiger partial charge in [-0.3, -0.25) is 9.59 Å². The van der Waals surface area contributed by atoms with Crippen molar-refractivity contribution in [3.05, 3.63) is 24.0 Å². The van der Waals surface area contributed by atoms with Crippen molar-refractivity contribution in [3.63, 3.8) is 0 Å². The van der Waals surface area contributed by atoms with Crippen LogP contribution in [0.2, 0.25) is 0 Å². The van der Waals surface area contributed by atoms with Crippen LogP contribution in [0.3, 0.4) is 0 Å². The van der Waals surface area contributed by atoms with Crippen LogP contribution >= 0.6 is 0 Å². The number of fused-ring (bicyclic) bond motifs is 1. The summed E-state index contributed by atoms with van der Waals surface area (Å²) in [4.78, 5) is 22.0. The number of hydrogen-bond acceptors (Lipinski definition) is 6. The fourth-order valence-corrected chi connectivity index (χ4v) is 3.20. The first-order valence-corrected chi connectivity index (χ1v) is 8.66. The number of ketones is 1. The molecule has 1 aromatic carbocycles. The van der Waals surface area contributed by atoms with E-state index in [2.05, 4.69) is 0 Å². The molecule has 0 spiro atoms. The van der Waals surface area contributed by atoms with Gasteiger partial charge in [0.2, 0.25) is 10.0 Å². The molecule has 0 bridgehead atoms. The third kappa shape index (κ3) is 3.74. The van der Waals surface area contributed by atoms with Crippen LogP contribution in [0.4, 0.5) is 0 Å². The summed E-state index contributed by atoms with van der Waals surface area (Å²) in [5.41, 5.74) is 0.131. The van der Waals surface area contributed by atoms with E-state index in [9.17, 15) is 18.0 Å². The van der Waals surface area contributed by atoms with Crippen molar-refractivity contribution in [1.29, 1.82) is 0 Å². The summed E-state index contributed by atoms with van der Waals surface area (Å²) in [7, 11) is -4.09. The first-order chi connectivity index (χ1) is 11.3. The van der Waals surface area contributed by atoms with Crippen LogP contribution in [-0.4, -0.2) is 38.4 Å². The van der Waals surface area contributed by atoms with Gasteiger partial charge >= 0.3 is 5.97 Å². The summed E-state index contributed by atoms with van der Waals surface area (Å²) in [5.74, 6) is -1.37. The maximum Gasteiger partial charge on any atom is 0.318 e. The molecule has 9 heteroatoms. The van der Waals surface area contributed by atoms with Gasteiger partial charge in [-0.25, -0.2) is 8.42 Å². The smallest absolute Gasteiger partial charge is 0.318 e.